The quantitative estimate of drug-likeness (QED) is 0.900. The van der Waals surface area contributed by atoms with E-state index in [1.807, 2.05) is 18.3 Å². The molecule has 0 aliphatic carbocycles. The average Bonchev–Trinajstić information content (AvgIpc) is 2.71. The molecule has 0 bridgehead atoms. The van der Waals surface area contributed by atoms with Gasteiger partial charge in [-0.15, -0.1) is 11.3 Å². The van der Waals surface area contributed by atoms with Gasteiger partial charge in [-0.3, -0.25) is 9.69 Å². The maximum atomic E-state index is 11.1. The molecule has 0 amide bonds. The number of carboxylic acid groups (broad SMARTS) is 1. The molecule has 94 valence electrons. The number of likely N-dealkylation sites (tertiary alicyclic amines) is 1. The molecule has 0 unspecified atom stereocenters. The molecule has 0 aromatic carbocycles. The van der Waals surface area contributed by atoms with Gasteiger partial charge in [-0.2, -0.15) is 0 Å². The van der Waals surface area contributed by atoms with Crippen LogP contribution in [-0.2, 0) is 11.3 Å². The van der Waals surface area contributed by atoms with E-state index in [1.54, 1.807) is 0 Å². The van der Waals surface area contributed by atoms with Crippen molar-refractivity contribution in [3.8, 4) is 0 Å². The van der Waals surface area contributed by atoms with E-state index in [1.165, 1.54) is 15.3 Å². The van der Waals surface area contributed by atoms with Gasteiger partial charge in [-0.05, 0) is 31.4 Å². The zero-order chi connectivity index (χ0) is 12.6. The third kappa shape index (κ3) is 2.69. The molecule has 1 aliphatic heterocycles. The van der Waals surface area contributed by atoms with Crippen LogP contribution < -0.4 is 0 Å². The molecule has 1 aliphatic rings. The molecule has 0 spiro atoms. The fraction of sp³-hybridized carbons (Fsp3) is 0.615. The summed E-state index contributed by atoms with van der Waals surface area (Å²) in [5, 5.41) is 9.10. The Kier molecular flexibility index (Phi) is 3.54. The van der Waals surface area contributed by atoms with Crippen molar-refractivity contribution in [2.24, 2.45) is 11.8 Å². The number of nitrogens with zero attached hydrogens (tertiary/aromatic N) is 1. The second kappa shape index (κ2) is 4.78. The van der Waals surface area contributed by atoms with E-state index in [9.17, 15) is 4.79 Å². The van der Waals surface area contributed by atoms with Crippen LogP contribution in [0.15, 0.2) is 6.07 Å². The first-order valence-electron chi connectivity index (χ1n) is 5.98. The zero-order valence-corrected chi connectivity index (χ0v) is 11.4. The van der Waals surface area contributed by atoms with Crippen molar-refractivity contribution < 1.29 is 9.90 Å². The number of thiophene rings is 1. The SMILES string of the molecule is Cc1cc(CN2C[C@@H](C)[C@H](C(=O)O)C2)c(C)s1. The Morgan fingerprint density at radius 1 is 1.53 bits per heavy atom. The summed E-state index contributed by atoms with van der Waals surface area (Å²) in [5.74, 6) is -0.596. The number of rotatable bonds is 3. The molecule has 1 aromatic rings. The van der Waals surface area contributed by atoms with Crippen molar-refractivity contribution in [2.45, 2.75) is 27.3 Å². The second-order valence-electron chi connectivity index (χ2n) is 5.05. The van der Waals surface area contributed by atoms with Gasteiger partial charge in [0.1, 0.15) is 0 Å². The molecule has 1 aromatic heterocycles. The number of hydrogen-bond acceptors (Lipinski definition) is 3. The van der Waals surface area contributed by atoms with Crippen molar-refractivity contribution in [2.75, 3.05) is 13.1 Å². The van der Waals surface area contributed by atoms with E-state index < -0.39 is 5.97 Å². The van der Waals surface area contributed by atoms with Crippen LogP contribution in [0.3, 0.4) is 0 Å². The van der Waals surface area contributed by atoms with E-state index in [0.717, 1.165) is 13.1 Å². The van der Waals surface area contributed by atoms with Gasteiger partial charge < -0.3 is 5.11 Å². The molecular formula is C13H19NO2S. The standard InChI is InChI=1S/C13H19NO2S/c1-8-5-14(7-12(8)13(15)16)6-11-4-9(2)17-10(11)3/h4,8,12H,5-7H2,1-3H3,(H,15,16)/t8-,12-/m1/s1. The van der Waals surface area contributed by atoms with Crippen LogP contribution in [0.5, 0.6) is 0 Å². The minimum atomic E-state index is -0.654. The lowest BCUT2D eigenvalue weighted by atomic mass is 9.99. The smallest absolute Gasteiger partial charge is 0.308 e. The molecular weight excluding hydrogens is 234 g/mol. The first-order chi connectivity index (χ1) is 7.97. The highest BCUT2D eigenvalue weighted by atomic mass is 32.1. The number of aryl methyl sites for hydroxylation is 2. The van der Waals surface area contributed by atoms with Gasteiger partial charge in [0.05, 0.1) is 5.92 Å². The Balaban J connectivity index is 2.02. The molecule has 0 saturated carbocycles. The monoisotopic (exact) mass is 253 g/mol. The van der Waals surface area contributed by atoms with E-state index in [2.05, 4.69) is 24.8 Å². The highest BCUT2D eigenvalue weighted by Crippen LogP contribution is 2.27. The molecule has 0 radical (unpaired) electrons. The van der Waals surface area contributed by atoms with Crippen molar-refractivity contribution >= 4 is 17.3 Å². The summed E-state index contributed by atoms with van der Waals surface area (Å²) in [4.78, 5) is 16.0. The summed E-state index contributed by atoms with van der Waals surface area (Å²) in [6, 6.07) is 2.22. The van der Waals surface area contributed by atoms with E-state index >= 15 is 0 Å². The summed E-state index contributed by atoms with van der Waals surface area (Å²) >= 11 is 1.82. The Morgan fingerprint density at radius 2 is 2.24 bits per heavy atom. The highest BCUT2D eigenvalue weighted by molar-refractivity contribution is 7.12. The maximum absolute atomic E-state index is 11.1. The van der Waals surface area contributed by atoms with Crippen LogP contribution in [0.1, 0.15) is 22.2 Å². The lowest BCUT2D eigenvalue weighted by Crippen LogP contribution is -2.23. The Bertz CT molecular complexity index is 427. The molecule has 17 heavy (non-hydrogen) atoms. The van der Waals surface area contributed by atoms with Gasteiger partial charge in [-0.25, -0.2) is 0 Å². The summed E-state index contributed by atoms with van der Waals surface area (Å²) in [7, 11) is 0. The van der Waals surface area contributed by atoms with Gasteiger partial charge in [-0.1, -0.05) is 6.92 Å². The van der Waals surface area contributed by atoms with Crippen LogP contribution in [-0.4, -0.2) is 29.1 Å². The maximum Gasteiger partial charge on any atom is 0.308 e. The summed E-state index contributed by atoms with van der Waals surface area (Å²) < 4.78 is 0. The van der Waals surface area contributed by atoms with Gasteiger partial charge in [0.25, 0.3) is 0 Å². The number of carboxylic acids is 1. The summed E-state index contributed by atoms with van der Waals surface area (Å²) in [6.07, 6.45) is 0. The molecule has 1 N–H and O–H groups in total. The predicted octanol–water partition coefficient (Wildman–Crippen LogP) is 2.52. The van der Waals surface area contributed by atoms with Gasteiger partial charge >= 0.3 is 5.97 Å². The topological polar surface area (TPSA) is 40.5 Å². The first kappa shape index (κ1) is 12.6. The molecule has 1 saturated heterocycles. The number of aliphatic carboxylic acids is 1. The van der Waals surface area contributed by atoms with Crippen molar-refractivity contribution in [1.29, 1.82) is 0 Å². The van der Waals surface area contributed by atoms with Gasteiger partial charge in [0.15, 0.2) is 0 Å². The lowest BCUT2D eigenvalue weighted by Gasteiger charge is -2.14. The van der Waals surface area contributed by atoms with Crippen LogP contribution in [0.25, 0.3) is 0 Å². The summed E-state index contributed by atoms with van der Waals surface area (Å²) in [5.41, 5.74) is 1.35. The number of carbonyl (C=O) groups is 1. The van der Waals surface area contributed by atoms with Gasteiger partial charge in [0.2, 0.25) is 0 Å². The van der Waals surface area contributed by atoms with Gasteiger partial charge in [0, 0.05) is 29.4 Å². The molecule has 2 atom stereocenters. The molecule has 1 fully saturated rings. The van der Waals surface area contributed by atoms with E-state index in [-0.39, 0.29) is 11.8 Å². The van der Waals surface area contributed by atoms with E-state index in [4.69, 9.17) is 5.11 Å². The highest BCUT2D eigenvalue weighted by Gasteiger charge is 2.34. The second-order valence-corrected chi connectivity index (χ2v) is 6.52. The predicted molar refractivity (Wildman–Crippen MR) is 69.4 cm³/mol. The number of hydrogen-bond donors (Lipinski definition) is 1. The minimum Gasteiger partial charge on any atom is -0.481 e. The van der Waals surface area contributed by atoms with Crippen LogP contribution >= 0.6 is 11.3 Å². The Labute approximate surface area is 106 Å². The molecule has 2 rings (SSSR count). The van der Waals surface area contributed by atoms with Crippen molar-refractivity contribution in [1.82, 2.24) is 4.90 Å². The first-order valence-corrected chi connectivity index (χ1v) is 6.80. The zero-order valence-electron chi connectivity index (χ0n) is 10.6. The fourth-order valence-electron chi connectivity index (χ4n) is 2.60. The lowest BCUT2D eigenvalue weighted by molar-refractivity contribution is -0.142. The Hall–Kier alpha value is -0.870. The third-order valence-corrected chi connectivity index (χ3v) is 4.55. The van der Waals surface area contributed by atoms with Crippen molar-refractivity contribution in [3.63, 3.8) is 0 Å². The fourth-order valence-corrected chi connectivity index (χ4v) is 3.54. The van der Waals surface area contributed by atoms with E-state index in [0.29, 0.717) is 6.54 Å². The molecule has 4 heteroatoms. The summed E-state index contributed by atoms with van der Waals surface area (Å²) in [6.45, 7) is 8.76. The largest absolute Gasteiger partial charge is 0.481 e. The Morgan fingerprint density at radius 3 is 2.71 bits per heavy atom. The minimum absolute atomic E-state index is 0.199. The van der Waals surface area contributed by atoms with Crippen LogP contribution in [0.4, 0.5) is 0 Å². The normalized spacial score (nSPS) is 25.4. The van der Waals surface area contributed by atoms with Crippen LogP contribution in [0.2, 0.25) is 0 Å². The van der Waals surface area contributed by atoms with Crippen LogP contribution in [0, 0.1) is 25.7 Å². The third-order valence-electron chi connectivity index (χ3n) is 3.54. The average molecular weight is 253 g/mol. The molecule has 3 nitrogen and oxygen atoms in total. The van der Waals surface area contributed by atoms with Crippen molar-refractivity contribution in [3.05, 3.63) is 21.4 Å². The molecule has 2 heterocycles.